The summed E-state index contributed by atoms with van der Waals surface area (Å²) in [5, 5.41) is 3.38. The Hall–Kier alpha value is -0.550. The Morgan fingerprint density at radius 2 is 1.91 bits per heavy atom. The van der Waals surface area contributed by atoms with Crippen LogP contribution >= 0.6 is 24.8 Å². The van der Waals surface area contributed by atoms with Gasteiger partial charge in [-0.3, -0.25) is 4.90 Å². The maximum atomic E-state index is 14.0. The molecular formula is C17H29Cl2FN2O. The molecule has 1 saturated heterocycles. The van der Waals surface area contributed by atoms with Crippen molar-refractivity contribution < 1.29 is 9.13 Å². The lowest BCUT2D eigenvalue weighted by Gasteiger charge is -2.35. The Balaban J connectivity index is 0.00000242. The van der Waals surface area contributed by atoms with Crippen LogP contribution in [-0.2, 0) is 0 Å². The van der Waals surface area contributed by atoms with Crippen molar-refractivity contribution >= 4 is 24.8 Å². The Morgan fingerprint density at radius 1 is 1.22 bits per heavy atom. The van der Waals surface area contributed by atoms with Crippen LogP contribution in [0.25, 0.3) is 0 Å². The average Bonchev–Trinajstić information content (AvgIpc) is 2.52. The molecule has 1 aliphatic rings. The van der Waals surface area contributed by atoms with Gasteiger partial charge < -0.3 is 10.1 Å². The van der Waals surface area contributed by atoms with Gasteiger partial charge in [0.1, 0.15) is 0 Å². The molecule has 0 aromatic heterocycles. The molecule has 1 N–H and O–H groups in total. The zero-order chi connectivity index (χ0) is 15.1. The fraction of sp³-hybridized carbons (Fsp3) is 0.647. The summed E-state index contributed by atoms with van der Waals surface area (Å²) in [6.45, 7) is 6.31. The number of piperazine rings is 1. The first-order valence-electron chi connectivity index (χ1n) is 8.04. The summed E-state index contributed by atoms with van der Waals surface area (Å²) >= 11 is 0. The van der Waals surface area contributed by atoms with Crippen molar-refractivity contribution in [2.75, 3.05) is 33.3 Å². The highest BCUT2D eigenvalue weighted by Gasteiger charge is 2.22. The molecule has 0 aliphatic carbocycles. The Bertz CT molecular complexity index is 443. The topological polar surface area (TPSA) is 24.5 Å². The van der Waals surface area contributed by atoms with E-state index in [4.69, 9.17) is 4.74 Å². The lowest BCUT2D eigenvalue weighted by atomic mass is 9.98. The lowest BCUT2D eigenvalue weighted by molar-refractivity contribution is 0.162. The van der Waals surface area contributed by atoms with Gasteiger partial charge >= 0.3 is 0 Å². The largest absolute Gasteiger partial charge is 0.494 e. The van der Waals surface area contributed by atoms with E-state index in [1.807, 2.05) is 6.07 Å². The van der Waals surface area contributed by atoms with E-state index < -0.39 is 0 Å². The summed E-state index contributed by atoms with van der Waals surface area (Å²) in [5.74, 6) is 0.0667. The van der Waals surface area contributed by atoms with E-state index in [1.54, 1.807) is 12.1 Å². The Labute approximate surface area is 151 Å². The van der Waals surface area contributed by atoms with Crippen LogP contribution in [0.1, 0.15) is 44.2 Å². The minimum Gasteiger partial charge on any atom is -0.494 e. The maximum absolute atomic E-state index is 14.0. The third kappa shape index (κ3) is 6.46. The van der Waals surface area contributed by atoms with E-state index >= 15 is 0 Å². The fourth-order valence-electron chi connectivity index (χ4n) is 3.03. The number of rotatable bonds is 7. The van der Waals surface area contributed by atoms with Crippen LogP contribution in [0.5, 0.6) is 5.75 Å². The van der Waals surface area contributed by atoms with Crippen molar-refractivity contribution in [1.82, 2.24) is 10.2 Å². The highest BCUT2D eigenvalue weighted by molar-refractivity contribution is 5.85. The molecule has 6 heteroatoms. The van der Waals surface area contributed by atoms with E-state index in [-0.39, 0.29) is 30.6 Å². The van der Waals surface area contributed by atoms with Crippen molar-refractivity contribution in [3.05, 3.63) is 29.6 Å². The van der Waals surface area contributed by atoms with Crippen molar-refractivity contribution in [3.63, 3.8) is 0 Å². The summed E-state index contributed by atoms with van der Waals surface area (Å²) < 4.78 is 19.0. The number of unbranched alkanes of at least 4 members (excludes halogenated alkanes) is 2. The second kappa shape index (κ2) is 11.9. The number of ether oxygens (including phenoxy) is 1. The van der Waals surface area contributed by atoms with Gasteiger partial charge in [-0.25, -0.2) is 4.39 Å². The van der Waals surface area contributed by atoms with Crippen LogP contribution in [-0.4, -0.2) is 38.2 Å². The lowest BCUT2D eigenvalue weighted by Crippen LogP contribution is -2.45. The molecule has 0 unspecified atom stereocenters. The summed E-state index contributed by atoms with van der Waals surface area (Å²) in [5.41, 5.74) is 1.08. The number of benzene rings is 1. The third-order valence-corrected chi connectivity index (χ3v) is 4.23. The predicted octanol–water partition coefficient (Wildman–Crippen LogP) is 4.20. The number of hydrogen-bond acceptors (Lipinski definition) is 3. The van der Waals surface area contributed by atoms with Gasteiger partial charge in [-0.2, -0.15) is 0 Å². The number of nitrogens with one attached hydrogen (secondary N) is 1. The van der Waals surface area contributed by atoms with Gasteiger partial charge in [0.2, 0.25) is 0 Å². The third-order valence-electron chi connectivity index (χ3n) is 4.23. The molecule has 1 atom stereocenters. The number of hydrogen-bond donors (Lipinski definition) is 1. The van der Waals surface area contributed by atoms with Crippen molar-refractivity contribution in [2.45, 2.75) is 38.6 Å². The van der Waals surface area contributed by atoms with Gasteiger partial charge in [0.15, 0.2) is 11.6 Å². The predicted molar refractivity (Wildman–Crippen MR) is 98.8 cm³/mol. The summed E-state index contributed by atoms with van der Waals surface area (Å²) in [6.07, 6.45) is 4.74. The maximum Gasteiger partial charge on any atom is 0.165 e. The normalized spacial score (nSPS) is 16.1. The van der Waals surface area contributed by atoms with E-state index in [0.29, 0.717) is 11.8 Å². The van der Waals surface area contributed by atoms with Crippen LogP contribution in [0, 0.1) is 5.82 Å². The van der Waals surface area contributed by atoms with Gasteiger partial charge in [0.05, 0.1) is 7.11 Å². The van der Waals surface area contributed by atoms with Gasteiger partial charge in [0, 0.05) is 32.2 Å². The number of halogens is 3. The molecule has 0 spiro atoms. The van der Waals surface area contributed by atoms with Crippen molar-refractivity contribution in [3.8, 4) is 5.75 Å². The molecule has 1 aliphatic heterocycles. The van der Waals surface area contributed by atoms with E-state index in [9.17, 15) is 4.39 Å². The van der Waals surface area contributed by atoms with Crippen LogP contribution < -0.4 is 10.1 Å². The summed E-state index contributed by atoms with van der Waals surface area (Å²) in [6, 6.07) is 5.73. The molecule has 1 aromatic rings. The Kier molecular flexibility index (Phi) is 11.6. The van der Waals surface area contributed by atoms with Gasteiger partial charge in [-0.15, -0.1) is 24.8 Å². The van der Waals surface area contributed by atoms with E-state index in [0.717, 1.165) is 38.2 Å². The molecule has 0 amide bonds. The van der Waals surface area contributed by atoms with Gasteiger partial charge in [0.25, 0.3) is 0 Å². The fourth-order valence-corrected chi connectivity index (χ4v) is 3.03. The van der Waals surface area contributed by atoms with Crippen LogP contribution in [0.15, 0.2) is 18.2 Å². The van der Waals surface area contributed by atoms with Crippen LogP contribution in [0.3, 0.4) is 0 Å². The highest BCUT2D eigenvalue weighted by atomic mass is 35.5. The molecule has 23 heavy (non-hydrogen) atoms. The number of nitrogens with zero attached hydrogens (tertiary/aromatic N) is 1. The first-order chi connectivity index (χ1) is 10.3. The zero-order valence-electron chi connectivity index (χ0n) is 14.0. The second-order valence-corrected chi connectivity index (χ2v) is 5.69. The molecule has 1 fully saturated rings. The molecular weight excluding hydrogens is 338 g/mol. The average molecular weight is 367 g/mol. The minimum absolute atomic E-state index is 0. The number of methoxy groups -OCH3 is 1. The minimum atomic E-state index is -0.259. The molecule has 2 rings (SSSR count). The van der Waals surface area contributed by atoms with E-state index in [1.165, 1.54) is 26.4 Å². The zero-order valence-corrected chi connectivity index (χ0v) is 15.6. The standard InChI is InChI=1S/C17H27FN2O.2ClH/c1-3-4-5-6-16(20-11-9-19-10-12-20)14-7-8-17(21-2)15(18)13-14;;/h7-8,13,16,19H,3-6,9-12H2,1-2H3;2*1H/t16-;;/m1../s1. The van der Waals surface area contributed by atoms with Gasteiger partial charge in [-0.1, -0.05) is 32.3 Å². The first-order valence-corrected chi connectivity index (χ1v) is 8.04. The SMILES string of the molecule is CCCCC[C@H](c1ccc(OC)c(F)c1)N1CCNCC1.Cl.Cl. The quantitative estimate of drug-likeness (QED) is 0.731. The molecule has 0 bridgehead atoms. The monoisotopic (exact) mass is 366 g/mol. The van der Waals surface area contributed by atoms with Crippen LogP contribution in [0.4, 0.5) is 4.39 Å². The van der Waals surface area contributed by atoms with Gasteiger partial charge in [-0.05, 0) is 24.1 Å². The summed E-state index contributed by atoms with van der Waals surface area (Å²) in [7, 11) is 1.51. The molecule has 0 radical (unpaired) electrons. The molecule has 134 valence electrons. The van der Waals surface area contributed by atoms with Crippen molar-refractivity contribution in [1.29, 1.82) is 0 Å². The molecule has 1 heterocycles. The highest BCUT2D eigenvalue weighted by Crippen LogP contribution is 2.30. The van der Waals surface area contributed by atoms with Crippen LogP contribution in [0.2, 0.25) is 0 Å². The molecule has 3 nitrogen and oxygen atoms in total. The van der Waals surface area contributed by atoms with Crippen molar-refractivity contribution in [2.24, 2.45) is 0 Å². The van der Waals surface area contributed by atoms with E-state index in [2.05, 4.69) is 17.1 Å². The Morgan fingerprint density at radius 3 is 2.48 bits per heavy atom. The first kappa shape index (κ1) is 22.4. The molecule has 1 aromatic carbocycles. The summed E-state index contributed by atoms with van der Waals surface area (Å²) in [4.78, 5) is 2.48. The second-order valence-electron chi connectivity index (χ2n) is 5.69. The smallest absolute Gasteiger partial charge is 0.165 e. The molecule has 0 saturated carbocycles.